The van der Waals surface area contributed by atoms with E-state index in [1.165, 1.54) is 6.26 Å². The molecule has 0 aliphatic heterocycles. The second-order valence-electron chi connectivity index (χ2n) is 4.33. The molecule has 0 spiro atoms. The van der Waals surface area contributed by atoms with Crippen LogP contribution in [0.1, 0.15) is 5.56 Å². The Kier molecular flexibility index (Phi) is 3.93. The number of pyridine rings is 1. The van der Waals surface area contributed by atoms with Gasteiger partial charge in [-0.25, -0.2) is 8.42 Å². The van der Waals surface area contributed by atoms with Crippen molar-refractivity contribution in [3.05, 3.63) is 42.2 Å². The van der Waals surface area contributed by atoms with E-state index in [2.05, 4.69) is 10.3 Å². The first-order chi connectivity index (χ1) is 8.56. The number of nitrogens with zero attached hydrogens (tertiary/aromatic N) is 1. The van der Waals surface area contributed by atoms with Crippen molar-refractivity contribution in [2.75, 3.05) is 18.6 Å². The van der Waals surface area contributed by atoms with Crippen LogP contribution in [0.5, 0.6) is 0 Å². The lowest BCUT2D eigenvalue weighted by atomic mass is 10.1. The molecule has 0 amide bonds. The number of sulfone groups is 1. The maximum absolute atomic E-state index is 11.0. The minimum absolute atomic E-state index is 0.158. The lowest BCUT2D eigenvalue weighted by molar-refractivity contribution is 0.596. The number of fused-ring (bicyclic) bond motifs is 1. The lowest BCUT2D eigenvalue weighted by Crippen LogP contribution is -2.22. The van der Waals surface area contributed by atoms with E-state index in [1.54, 1.807) is 0 Å². The predicted octanol–water partition coefficient (Wildman–Crippen LogP) is 1.37. The van der Waals surface area contributed by atoms with Crippen LogP contribution in [0.2, 0.25) is 0 Å². The van der Waals surface area contributed by atoms with Gasteiger partial charge in [-0.15, -0.1) is 0 Å². The Morgan fingerprint density at radius 3 is 2.78 bits per heavy atom. The van der Waals surface area contributed by atoms with E-state index in [-0.39, 0.29) is 5.75 Å². The van der Waals surface area contributed by atoms with Crippen LogP contribution >= 0.6 is 0 Å². The molecule has 0 bridgehead atoms. The molecular formula is C13H16N2O2S. The number of aromatic nitrogens is 1. The molecule has 0 aliphatic rings. The molecular weight excluding hydrogens is 248 g/mol. The largest absolute Gasteiger partial charge is 0.312 e. The number of hydrogen-bond acceptors (Lipinski definition) is 4. The van der Waals surface area contributed by atoms with Gasteiger partial charge < -0.3 is 5.32 Å². The van der Waals surface area contributed by atoms with Gasteiger partial charge in [0.25, 0.3) is 0 Å². The Morgan fingerprint density at radius 2 is 2.00 bits per heavy atom. The minimum atomic E-state index is -2.90. The molecule has 96 valence electrons. The average molecular weight is 264 g/mol. The van der Waals surface area contributed by atoms with Crippen molar-refractivity contribution in [2.24, 2.45) is 0 Å². The van der Waals surface area contributed by atoms with Crippen LogP contribution < -0.4 is 5.32 Å². The third-order valence-electron chi connectivity index (χ3n) is 2.72. The standard InChI is InChI=1S/C13H16N2O2S/c1-18(16,17)7-6-14-9-12-10-15-8-11-4-2-3-5-13(11)12/h2-5,8,10,14H,6-7,9H2,1H3. The molecule has 0 atom stereocenters. The normalized spacial score (nSPS) is 11.8. The Bertz CT molecular complexity index is 633. The summed E-state index contributed by atoms with van der Waals surface area (Å²) in [6, 6.07) is 8.03. The summed E-state index contributed by atoms with van der Waals surface area (Å²) in [4.78, 5) is 4.18. The maximum Gasteiger partial charge on any atom is 0.148 e. The average Bonchev–Trinajstić information content (AvgIpc) is 2.33. The second-order valence-corrected chi connectivity index (χ2v) is 6.59. The van der Waals surface area contributed by atoms with E-state index < -0.39 is 9.84 Å². The van der Waals surface area contributed by atoms with Gasteiger partial charge in [0, 0.05) is 37.1 Å². The highest BCUT2D eigenvalue weighted by molar-refractivity contribution is 7.90. The molecule has 1 N–H and O–H groups in total. The van der Waals surface area contributed by atoms with Gasteiger partial charge >= 0.3 is 0 Å². The molecule has 2 rings (SSSR count). The van der Waals surface area contributed by atoms with E-state index >= 15 is 0 Å². The molecule has 2 aromatic rings. The van der Waals surface area contributed by atoms with Gasteiger partial charge in [0.1, 0.15) is 9.84 Å². The SMILES string of the molecule is CS(=O)(=O)CCNCc1cncc2ccccc12. The van der Waals surface area contributed by atoms with Gasteiger partial charge in [0.15, 0.2) is 0 Å². The number of hydrogen-bond donors (Lipinski definition) is 1. The van der Waals surface area contributed by atoms with Crippen LogP contribution in [0.4, 0.5) is 0 Å². The van der Waals surface area contributed by atoms with Crippen molar-refractivity contribution in [3.8, 4) is 0 Å². The minimum Gasteiger partial charge on any atom is -0.312 e. The van der Waals surface area contributed by atoms with Gasteiger partial charge in [0.2, 0.25) is 0 Å². The molecule has 1 aromatic heterocycles. The van der Waals surface area contributed by atoms with Crippen LogP contribution in [-0.4, -0.2) is 32.0 Å². The molecule has 4 nitrogen and oxygen atoms in total. The van der Waals surface area contributed by atoms with Gasteiger partial charge in [-0.3, -0.25) is 4.98 Å². The number of rotatable bonds is 5. The Balaban J connectivity index is 2.04. The van der Waals surface area contributed by atoms with E-state index in [0.717, 1.165) is 16.3 Å². The Labute approximate surface area is 107 Å². The summed E-state index contributed by atoms with van der Waals surface area (Å²) in [6.45, 7) is 1.09. The molecule has 1 aromatic carbocycles. The van der Waals surface area contributed by atoms with Crippen molar-refractivity contribution in [3.63, 3.8) is 0 Å². The first-order valence-corrected chi connectivity index (χ1v) is 7.82. The lowest BCUT2D eigenvalue weighted by Gasteiger charge is -2.07. The van der Waals surface area contributed by atoms with Crippen LogP contribution in [0.25, 0.3) is 10.8 Å². The van der Waals surface area contributed by atoms with E-state index in [1.807, 2.05) is 36.7 Å². The summed E-state index contributed by atoms with van der Waals surface area (Å²) in [5.41, 5.74) is 1.08. The first kappa shape index (κ1) is 13.0. The second kappa shape index (κ2) is 5.46. The summed E-state index contributed by atoms with van der Waals surface area (Å²) in [5.74, 6) is 0.158. The molecule has 0 saturated heterocycles. The number of benzene rings is 1. The summed E-state index contributed by atoms with van der Waals surface area (Å²) < 4.78 is 22.0. The zero-order chi connectivity index (χ0) is 13.0. The third kappa shape index (κ3) is 3.51. The Hall–Kier alpha value is -1.46. The maximum atomic E-state index is 11.0. The van der Waals surface area contributed by atoms with Crippen molar-refractivity contribution < 1.29 is 8.42 Å². The Morgan fingerprint density at radius 1 is 1.22 bits per heavy atom. The summed E-state index contributed by atoms with van der Waals surface area (Å²) in [6.07, 6.45) is 4.89. The third-order valence-corrected chi connectivity index (χ3v) is 3.66. The van der Waals surface area contributed by atoms with Crippen molar-refractivity contribution in [2.45, 2.75) is 6.54 Å². The fraction of sp³-hybridized carbons (Fsp3) is 0.308. The number of nitrogens with one attached hydrogen (secondary N) is 1. The molecule has 0 unspecified atom stereocenters. The van der Waals surface area contributed by atoms with Gasteiger partial charge in [-0.2, -0.15) is 0 Å². The molecule has 5 heteroatoms. The van der Waals surface area contributed by atoms with Crippen LogP contribution in [-0.2, 0) is 16.4 Å². The van der Waals surface area contributed by atoms with Crippen molar-refractivity contribution in [1.82, 2.24) is 10.3 Å². The highest BCUT2D eigenvalue weighted by Crippen LogP contribution is 2.16. The predicted molar refractivity (Wildman–Crippen MR) is 73.2 cm³/mol. The molecule has 18 heavy (non-hydrogen) atoms. The fourth-order valence-electron chi connectivity index (χ4n) is 1.80. The van der Waals surface area contributed by atoms with Crippen molar-refractivity contribution >= 4 is 20.6 Å². The molecule has 0 saturated carbocycles. The topological polar surface area (TPSA) is 59.1 Å². The van der Waals surface area contributed by atoms with E-state index in [9.17, 15) is 8.42 Å². The summed E-state index contributed by atoms with van der Waals surface area (Å²) >= 11 is 0. The molecule has 0 fully saturated rings. The molecule has 0 aliphatic carbocycles. The van der Waals surface area contributed by atoms with Crippen molar-refractivity contribution in [1.29, 1.82) is 0 Å². The van der Waals surface area contributed by atoms with E-state index in [0.29, 0.717) is 13.1 Å². The van der Waals surface area contributed by atoms with Crippen LogP contribution in [0.3, 0.4) is 0 Å². The van der Waals surface area contributed by atoms with E-state index in [4.69, 9.17) is 0 Å². The first-order valence-electron chi connectivity index (χ1n) is 5.76. The van der Waals surface area contributed by atoms with Gasteiger partial charge in [0.05, 0.1) is 5.75 Å². The van der Waals surface area contributed by atoms with Crippen LogP contribution in [0.15, 0.2) is 36.7 Å². The quantitative estimate of drug-likeness (QED) is 0.829. The zero-order valence-corrected chi connectivity index (χ0v) is 11.1. The monoisotopic (exact) mass is 264 g/mol. The van der Waals surface area contributed by atoms with Gasteiger partial charge in [-0.1, -0.05) is 24.3 Å². The summed E-state index contributed by atoms with van der Waals surface area (Å²) in [7, 11) is -2.90. The molecule has 0 radical (unpaired) electrons. The smallest absolute Gasteiger partial charge is 0.148 e. The highest BCUT2D eigenvalue weighted by Gasteiger charge is 2.03. The highest BCUT2D eigenvalue weighted by atomic mass is 32.2. The fourth-order valence-corrected chi connectivity index (χ4v) is 2.32. The zero-order valence-electron chi connectivity index (χ0n) is 10.3. The van der Waals surface area contributed by atoms with Gasteiger partial charge in [-0.05, 0) is 10.9 Å². The molecule has 1 heterocycles. The summed E-state index contributed by atoms with van der Waals surface area (Å²) in [5, 5.41) is 5.38. The van der Waals surface area contributed by atoms with Crippen LogP contribution in [0, 0.1) is 0 Å².